The predicted molar refractivity (Wildman–Crippen MR) is 82.7 cm³/mol. The molecule has 110 valence electrons. The predicted octanol–water partition coefficient (Wildman–Crippen LogP) is 2.80. The molecule has 5 nitrogen and oxygen atoms in total. The van der Waals surface area contributed by atoms with Crippen molar-refractivity contribution >= 4 is 24.2 Å². The molecule has 1 atom stereocenters. The van der Waals surface area contributed by atoms with Gasteiger partial charge in [-0.05, 0) is 31.4 Å². The van der Waals surface area contributed by atoms with Crippen LogP contribution in [0.3, 0.4) is 0 Å². The van der Waals surface area contributed by atoms with E-state index in [2.05, 4.69) is 10.4 Å². The normalized spacial score (nSPS) is 23.0. The number of hydrazone groups is 1. The van der Waals surface area contributed by atoms with E-state index in [1.54, 1.807) is 6.92 Å². The third-order valence-corrected chi connectivity index (χ3v) is 3.52. The molecule has 5 heteroatoms. The number of rotatable bonds is 4. The van der Waals surface area contributed by atoms with Gasteiger partial charge in [-0.25, -0.2) is 4.79 Å². The molecule has 1 aliphatic rings. The third-order valence-electron chi connectivity index (χ3n) is 3.52. The van der Waals surface area contributed by atoms with Crippen molar-refractivity contribution in [3.05, 3.63) is 41.5 Å². The van der Waals surface area contributed by atoms with Crippen molar-refractivity contribution in [3.63, 3.8) is 0 Å². The first kappa shape index (κ1) is 15.0. The van der Waals surface area contributed by atoms with Crippen LogP contribution < -0.4 is 5.32 Å². The molecule has 0 radical (unpaired) electrons. The van der Waals surface area contributed by atoms with E-state index in [1.165, 1.54) is 6.21 Å². The molecule has 3 amide bonds. The van der Waals surface area contributed by atoms with Crippen LogP contribution in [0.4, 0.5) is 4.79 Å². The Morgan fingerprint density at radius 1 is 1.33 bits per heavy atom. The summed E-state index contributed by atoms with van der Waals surface area (Å²) in [5, 5.41) is 7.56. The van der Waals surface area contributed by atoms with Gasteiger partial charge < -0.3 is 5.32 Å². The van der Waals surface area contributed by atoms with Crippen molar-refractivity contribution in [1.29, 1.82) is 0 Å². The summed E-state index contributed by atoms with van der Waals surface area (Å²) in [4.78, 5) is 23.9. The maximum absolute atomic E-state index is 12.1. The highest BCUT2D eigenvalue weighted by Gasteiger charge is 2.46. The number of allylic oxidation sites excluding steroid dienone is 1. The highest BCUT2D eigenvalue weighted by atomic mass is 16.2. The number of nitrogens with zero attached hydrogens (tertiary/aromatic N) is 2. The van der Waals surface area contributed by atoms with Gasteiger partial charge in [0.15, 0.2) is 0 Å². The Kier molecular flexibility index (Phi) is 4.21. The molecule has 21 heavy (non-hydrogen) atoms. The second-order valence-corrected chi connectivity index (χ2v) is 5.28. The Bertz CT molecular complexity index is 607. The monoisotopic (exact) mass is 285 g/mol. The van der Waals surface area contributed by atoms with Gasteiger partial charge in [-0.2, -0.15) is 5.10 Å². The van der Waals surface area contributed by atoms with E-state index in [0.29, 0.717) is 6.42 Å². The molecular weight excluding hydrogens is 266 g/mol. The highest BCUT2D eigenvalue weighted by Crippen LogP contribution is 2.20. The molecule has 1 heterocycles. The highest BCUT2D eigenvalue weighted by molar-refractivity contribution is 6.07. The second-order valence-electron chi connectivity index (χ2n) is 5.28. The first-order chi connectivity index (χ1) is 9.96. The van der Waals surface area contributed by atoms with Crippen LogP contribution in [-0.4, -0.2) is 28.7 Å². The summed E-state index contributed by atoms with van der Waals surface area (Å²) < 4.78 is 0. The molecule has 1 aromatic carbocycles. The first-order valence-electron chi connectivity index (χ1n) is 6.90. The molecule has 1 fully saturated rings. The van der Waals surface area contributed by atoms with Crippen molar-refractivity contribution in [1.82, 2.24) is 10.3 Å². The quantitative estimate of drug-likeness (QED) is 0.683. The van der Waals surface area contributed by atoms with Crippen molar-refractivity contribution < 1.29 is 9.59 Å². The van der Waals surface area contributed by atoms with Crippen molar-refractivity contribution in [2.45, 2.75) is 32.7 Å². The maximum atomic E-state index is 12.1. The summed E-state index contributed by atoms with van der Waals surface area (Å²) in [6.45, 7) is 5.43. The Morgan fingerprint density at radius 2 is 2.00 bits per heavy atom. The minimum atomic E-state index is -0.856. The van der Waals surface area contributed by atoms with Gasteiger partial charge in [0.2, 0.25) is 0 Å². The lowest BCUT2D eigenvalue weighted by atomic mass is 10.00. The van der Waals surface area contributed by atoms with E-state index in [9.17, 15) is 9.59 Å². The van der Waals surface area contributed by atoms with E-state index in [4.69, 9.17) is 0 Å². The minimum Gasteiger partial charge on any atom is -0.322 e. The molecule has 0 aromatic heterocycles. The summed E-state index contributed by atoms with van der Waals surface area (Å²) in [5.74, 6) is -0.321. The molecule has 0 aliphatic carbocycles. The Labute approximate surface area is 124 Å². The number of imide groups is 1. The summed E-state index contributed by atoms with van der Waals surface area (Å²) >= 11 is 0. The molecular formula is C16H19N3O2. The average Bonchev–Trinajstić information content (AvgIpc) is 2.69. The largest absolute Gasteiger partial charge is 0.346 e. The summed E-state index contributed by atoms with van der Waals surface area (Å²) in [6, 6.07) is 9.30. The van der Waals surface area contributed by atoms with E-state index >= 15 is 0 Å². The Hall–Kier alpha value is -2.43. The number of urea groups is 1. The fourth-order valence-corrected chi connectivity index (χ4v) is 2.01. The zero-order chi connectivity index (χ0) is 15.5. The van der Waals surface area contributed by atoms with E-state index in [-0.39, 0.29) is 5.91 Å². The lowest BCUT2D eigenvalue weighted by Gasteiger charge is -2.17. The molecule has 1 saturated heterocycles. The maximum Gasteiger partial charge on any atom is 0.346 e. The van der Waals surface area contributed by atoms with Gasteiger partial charge in [0.05, 0.1) is 6.21 Å². The number of benzene rings is 1. The molecule has 0 spiro atoms. The summed E-state index contributed by atoms with van der Waals surface area (Å²) in [6.07, 6.45) is 3.98. The van der Waals surface area contributed by atoms with Crippen molar-refractivity contribution in [3.8, 4) is 0 Å². The summed E-state index contributed by atoms with van der Waals surface area (Å²) in [7, 11) is 0. The molecule has 0 unspecified atom stereocenters. The van der Waals surface area contributed by atoms with Crippen LogP contribution >= 0.6 is 0 Å². The van der Waals surface area contributed by atoms with Crippen LogP contribution in [0.15, 0.2) is 41.0 Å². The molecule has 0 bridgehead atoms. The standard InChI is InChI=1S/C16H19N3O2/c1-4-16(3)14(20)19(15(21)18-16)17-11-12(2)10-13-8-6-5-7-9-13/h5-11H,4H2,1-3H3,(H,18,21)/b12-10+,17-11?/t16-/m1/s1. The van der Waals surface area contributed by atoms with Crippen LogP contribution in [0.2, 0.25) is 0 Å². The van der Waals surface area contributed by atoms with E-state index in [1.807, 2.05) is 50.3 Å². The first-order valence-corrected chi connectivity index (χ1v) is 6.90. The fourth-order valence-electron chi connectivity index (χ4n) is 2.01. The number of nitrogens with one attached hydrogen (secondary N) is 1. The Balaban J connectivity index is 2.13. The van der Waals surface area contributed by atoms with Gasteiger partial charge in [-0.1, -0.05) is 43.3 Å². The van der Waals surface area contributed by atoms with Gasteiger partial charge in [-0.15, -0.1) is 5.01 Å². The summed E-state index contributed by atoms with van der Waals surface area (Å²) in [5.41, 5.74) is 1.04. The Morgan fingerprint density at radius 3 is 2.57 bits per heavy atom. The van der Waals surface area contributed by atoms with Gasteiger partial charge >= 0.3 is 6.03 Å². The van der Waals surface area contributed by atoms with Gasteiger partial charge in [0, 0.05) is 0 Å². The zero-order valence-electron chi connectivity index (χ0n) is 12.5. The number of hydrogen-bond donors (Lipinski definition) is 1. The minimum absolute atomic E-state index is 0.321. The number of amides is 3. The van der Waals surface area contributed by atoms with E-state index < -0.39 is 11.6 Å². The molecule has 2 rings (SSSR count). The van der Waals surface area contributed by atoms with Crippen LogP contribution in [-0.2, 0) is 4.79 Å². The average molecular weight is 285 g/mol. The van der Waals surface area contributed by atoms with Crippen LogP contribution in [0.1, 0.15) is 32.8 Å². The van der Waals surface area contributed by atoms with E-state index in [0.717, 1.165) is 16.1 Å². The second kappa shape index (κ2) is 5.91. The smallest absolute Gasteiger partial charge is 0.322 e. The van der Waals surface area contributed by atoms with Gasteiger partial charge in [-0.3, -0.25) is 4.79 Å². The molecule has 0 saturated carbocycles. The molecule has 1 N–H and O–H groups in total. The SMILES string of the molecule is CC[C@@]1(C)NC(=O)N(N=C/C(C)=C/c2ccccc2)C1=O. The zero-order valence-corrected chi connectivity index (χ0v) is 12.5. The molecule has 1 aliphatic heterocycles. The van der Waals surface area contributed by atoms with Gasteiger partial charge in [0.1, 0.15) is 5.54 Å². The van der Waals surface area contributed by atoms with Crippen LogP contribution in [0.5, 0.6) is 0 Å². The van der Waals surface area contributed by atoms with Crippen LogP contribution in [0, 0.1) is 0 Å². The fraction of sp³-hybridized carbons (Fsp3) is 0.312. The van der Waals surface area contributed by atoms with Crippen molar-refractivity contribution in [2.75, 3.05) is 0 Å². The number of hydrogen-bond acceptors (Lipinski definition) is 3. The molecule has 1 aromatic rings. The van der Waals surface area contributed by atoms with Gasteiger partial charge in [0.25, 0.3) is 5.91 Å². The third kappa shape index (κ3) is 3.18. The topological polar surface area (TPSA) is 61.8 Å². The number of carbonyl (C=O) groups is 2. The van der Waals surface area contributed by atoms with Crippen LogP contribution in [0.25, 0.3) is 6.08 Å². The van der Waals surface area contributed by atoms with Crippen molar-refractivity contribution in [2.24, 2.45) is 5.10 Å². The lowest BCUT2D eigenvalue weighted by Crippen LogP contribution is -2.42. The lowest BCUT2D eigenvalue weighted by molar-refractivity contribution is -0.130. The number of carbonyl (C=O) groups excluding carboxylic acids is 2.